The van der Waals surface area contributed by atoms with Gasteiger partial charge in [0.25, 0.3) is 0 Å². The van der Waals surface area contributed by atoms with Gasteiger partial charge in [-0.2, -0.15) is 0 Å². The van der Waals surface area contributed by atoms with Crippen LogP contribution in [0.15, 0.2) is 11.3 Å². The first kappa shape index (κ1) is 21.5. The molecule has 2 heteroatoms. The van der Waals surface area contributed by atoms with E-state index in [-0.39, 0.29) is 12.4 Å². The predicted molar refractivity (Wildman–Crippen MR) is 97.1 cm³/mol. The zero-order chi connectivity index (χ0) is 17.0. The SMILES string of the molecule is CC(CCCC(C)CCCC(C)CCCC(C)C)=C(O)CO. The van der Waals surface area contributed by atoms with E-state index in [1.165, 1.54) is 44.9 Å². The van der Waals surface area contributed by atoms with Gasteiger partial charge in [0.05, 0.1) is 0 Å². The number of rotatable bonds is 13. The number of hydrogen-bond acceptors (Lipinski definition) is 2. The lowest BCUT2D eigenvalue weighted by Gasteiger charge is -2.15. The second-order valence-corrected chi connectivity index (χ2v) is 7.74. The lowest BCUT2D eigenvalue weighted by Crippen LogP contribution is -2.00. The molecule has 0 aliphatic carbocycles. The van der Waals surface area contributed by atoms with Crippen molar-refractivity contribution < 1.29 is 10.2 Å². The van der Waals surface area contributed by atoms with Crippen LogP contribution in [0.2, 0.25) is 0 Å². The van der Waals surface area contributed by atoms with Crippen molar-refractivity contribution in [1.82, 2.24) is 0 Å². The smallest absolute Gasteiger partial charge is 0.117 e. The monoisotopic (exact) mass is 312 g/mol. The van der Waals surface area contributed by atoms with E-state index < -0.39 is 0 Å². The number of allylic oxidation sites excluding steroid dienone is 1. The molecule has 0 aromatic heterocycles. The summed E-state index contributed by atoms with van der Waals surface area (Å²) in [6, 6.07) is 0. The first-order valence-electron chi connectivity index (χ1n) is 9.35. The van der Waals surface area contributed by atoms with E-state index in [4.69, 9.17) is 5.11 Å². The third-order valence-electron chi connectivity index (χ3n) is 4.76. The van der Waals surface area contributed by atoms with Crippen LogP contribution in [0.25, 0.3) is 0 Å². The Morgan fingerprint density at radius 3 is 1.68 bits per heavy atom. The molecule has 2 unspecified atom stereocenters. The van der Waals surface area contributed by atoms with Crippen molar-refractivity contribution in [3.8, 4) is 0 Å². The molecule has 22 heavy (non-hydrogen) atoms. The molecule has 2 N–H and O–H groups in total. The standard InChI is InChI=1S/C20H40O2/c1-16(2)9-6-10-17(3)11-7-12-18(4)13-8-14-19(5)20(22)15-21/h16-18,21-22H,6-15H2,1-5H3. The van der Waals surface area contributed by atoms with Crippen LogP contribution in [-0.2, 0) is 0 Å². The van der Waals surface area contributed by atoms with Crippen molar-refractivity contribution in [3.05, 3.63) is 11.3 Å². The van der Waals surface area contributed by atoms with Crippen LogP contribution in [0.5, 0.6) is 0 Å². The fourth-order valence-electron chi connectivity index (χ4n) is 2.97. The molecule has 0 spiro atoms. The Bertz CT molecular complexity index is 294. The topological polar surface area (TPSA) is 40.5 Å². The first-order valence-corrected chi connectivity index (χ1v) is 9.35. The van der Waals surface area contributed by atoms with Gasteiger partial charge in [-0.3, -0.25) is 0 Å². The minimum atomic E-state index is -0.226. The minimum absolute atomic E-state index is 0.155. The Kier molecular flexibility index (Phi) is 12.7. The summed E-state index contributed by atoms with van der Waals surface area (Å²) in [6.07, 6.45) is 11.4. The first-order chi connectivity index (χ1) is 10.4. The highest BCUT2D eigenvalue weighted by molar-refractivity contribution is 5.04. The highest BCUT2D eigenvalue weighted by Gasteiger charge is 2.07. The van der Waals surface area contributed by atoms with Gasteiger partial charge in [-0.15, -0.1) is 0 Å². The van der Waals surface area contributed by atoms with Crippen molar-refractivity contribution in [2.24, 2.45) is 17.8 Å². The third-order valence-corrected chi connectivity index (χ3v) is 4.76. The molecule has 2 nitrogen and oxygen atoms in total. The van der Waals surface area contributed by atoms with Gasteiger partial charge in [-0.25, -0.2) is 0 Å². The van der Waals surface area contributed by atoms with Gasteiger partial charge in [0.15, 0.2) is 0 Å². The lowest BCUT2D eigenvalue weighted by atomic mass is 9.91. The second-order valence-electron chi connectivity index (χ2n) is 7.74. The molecule has 0 amide bonds. The Morgan fingerprint density at radius 2 is 1.23 bits per heavy atom. The summed E-state index contributed by atoms with van der Waals surface area (Å²) in [7, 11) is 0. The van der Waals surface area contributed by atoms with Crippen LogP contribution in [-0.4, -0.2) is 16.8 Å². The fourth-order valence-corrected chi connectivity index (χ4v) is 2.97. The average Bonchev–Trinajstić information content (AvgIpc) is 2.45. The minimum Gasteiger partial charge on any atom is -0.510 e. The summed E-state index contributed by atoms with van der Waals surface area (Å²) >= 11 is 0. The van der Waals surface area contributed by atoms with Crippen molar-refractivity contribution in [2.45, 2.75) is 92.4 Å². The molecule has 0 rings (SSSR count). The van der Waals surface area contributed by atoms with Gasteiger partial charge in [0.2, 0.25) is 0 Å². The largest absolute Gasteiger partial charge is 0.510 e. The van der Waals surface area contributed by atoms with Gasteiger partial charge < -0.3 is 10.2 Å². The van der Waals surface area contributed by atoms with E-state index in [9.17, 15) is 5.11 Å². The van der Waals surface area contributed by atoms with Gasteiger partial charge in [0.1, 0.15) is 12.4 Å². The maximum Gasteiger partial charge on any atom is 0.117 e. The normalized spacial score (nSPS) is 15.8. The molecule has 2 atom stereocenters. The van der Waals surface area contributed by atoms with Gasteiger partial charge >= 0.3 is 0 Å². The summed E-state index contributed by atoms with van der Waals surface area (Å²) in [4.78, 5) is 0. The molecule has 0 fully saturated rings. The van der Waals surface area contributed by atoms with Crippen LogP contribution in [0, 0.1) is 17.8 Å². The molecule has 132 valence electrons. The van der Waals surface area contributed by atoms with Crippen molar-refractivity contribution >= 4 is 0 Å². The van der Waals surface area contributed by atoms with Crippen molar-refractivity contribution in [2.75, 3.05) is 6.61 Å². The van der Waals surface area contributed by atoms with Gasteiger partial charge in [0, 0.05) is 0 Å². The molecule has 0 aliphatic rings. The molecular weight excluding hydrogens is 272 g/mol. The van der Waals surface area contributed by atoms with Gasteiger partial charge in [-0.1, -0.05) is 72.6 Å². The number of aliphatic hydroxyl groups is 2. The number of aliphatic hydroxyl groups excluding tert-OH is 2. The summed E-state index contributed by atoms with van der Waals surface area (Å²) in [6.45, 7) is 11.0. The van der Waals surface area contributed by atoms with E-state index in [1.54, 1.807) is 0 Å². The highest BCUT2D eigenvalue weighted by atomic mass is 16.3. The van der Waals surface area contributed by atoms with Crippen LogP contribution >= 0.6 is 0 Å². The Labute approximate surface area is 139 Å². The van der Waals surface area contributed by atoms with E-state index in [0.29, 0.717) is 0 Å². The van der Waals surface area contributed by atoms with E-state index >= 15 is 0 Å². The molecule has 0 saturated heterocycles. The maximum absolute atomic E-state index is 9.43. The van der Waals surface area contributed by atoms with E-state index in [2.05, 4.69) is 27.7 Å². The fraction of sp³-hybridized carbons (Fsp3) is 0.900. The summed E-state index contributed by atoms with van der Waals surface area (Å²) in [5, 5.41) is 18.3. The predicted octanol–water partition coefficient (Wildman–Crippen LogP) is 6.25. The molecule has 0 aliphatic heterocycles. The summed E-state index contributed by atoms with van der Waals surface area (Å²) in [5.74, 6) is 2.64. The molecule has 0 aromatic carbocycles. The van der Waals surface area contributed by atoms with E-state index in [1.807, 2.05) is 6.92 Å². The Balaban J connectivity index is 3.63. The van der Waals surface area contributed by atoms with Crippen LogP contribution in [0.1, 0.15) is 92.4 Å². The zero-order valence-electron chi connectivity index (χ0n) is 15.7. The third kappa shape index (κ3) is 12.1. The quantitative estimate of drug-likeness (QED) is 0.395. The summed E-state index contributed by atoms with van der Waals surface area (Å²) in [5.41, 5.74) is 0.938. The van der Waals surface area contributed by atoms with Crippen LogP contribution in [0.4, 0.5) is 0 Å². The lowest BCUT2D eigenvalue weighted by molar-refractivity contribution is 0.248. The van der Waals surface area contributed by atoms with Crippen LogP contribution < -0.4 is 0 Å². The summed E-state index contributed by atoms with van der Waals surface area (Å²) < 4.78 is 0. The molecule has 0 bridgehead atoms. The average molecular weight is 313 g/mol. The molecule has 0 heterocycles. The van der Waals surface area contributed by atoms with Crippen LogP contribution in [0.3, 0.4) is 0 Å². The second kappa shape index (κ2) is 13.0. The van der Waals surface area contributed by atoms with Crippen molar-refractivity contribution in [1.29, 1.82) is 0 Å². The van der Waals surface area contributed by atoms with Gasteiger partial charge in [-0.05, 0) is 43.1 Å². The molecular formula is C20H40O2. The molecule has 0 aromatic rings. The molecule has 0 saturated carbocycles. The molecule has 0 radical (unpaired) electrons. The van der Waals surface area contributed by atoms with E-state index in [0.717, 1.165) is 36.2 Å². The zero-order valence-corrected chi connectivity index (χ0v) is 15.7. The number of hydrogen-bond donors (Lipinski definition) is 2. The highest BCUT2D eigenvalue weighted by Crippen LogP contribution is 2.22. The van der Waals surface area contributed by atoms with Crippen molar-refractivity contribution in [3.63, 3.8) is 0 Å². The Hall–Kier alpha value is -0.500. The Morgan fingerprint density at radius 1 is 0.773 bits per heavy atom. The maximum atomic E-state index is 9.43.